The highest BCUT2D eigenvalue weighted by Crippen LogP contribution is 2.16. The number of carbonyl (C=O) groups is 2. The van der Waals surface area contributed by atoms with Gasteiger partial charge in [-0.2, -0.15) is 0 Å². The number of pyridine rings is 1. The summed E-state index contributed by atoms with van der Waals surface area (Å²) in [5, 5.41) is 5.13. The van der Waals surface area contributed by atoms with Crippen LogP contribution in [0.3, 0.4) is 0 Å². The zero-order valence-electron chi connectivity index (χ0n) is 14.6. The monoisotopic (exact) mass is 365 g/mol. The van der Waals surface area contributed by atoms with Gasteiger partial charge in [-0.1, -0.05) is 36.4 Å². The summed E-state index contributed by atoms with van der Waals surface area (Å²) in [7, 11) is 0. The summed E-state index contributed by atoms with van der Waals surface area (Å²) in [6.07, 6.45) is 4.25. The van der Waals surface area contributed by atoms with E-state index in [0.29, 0.717) is 6.54 Å². The number of aromatic nitrogens is 1. The van der Waals surface area contributed by atoms with Crippen LogP contribution in [0.1, 0.15) is 11.1 Å². The normalized spacial score (nSPS) is 10.2. The molecule has 0 radical (unpaired) electrons. The van der Waals surface area contributed by atoms with E-state index in [9.17, 15) is 9.59 Å². The smallest absolute Gasteiger partial charge is 0.407 e. The highest BCUT2D eigenvalue weighted by Gasteiger charge is 2.07. The lowest BCUT2D eigenvalue weighted by atomic mass is 10.2. The molecule has 3 rings (SSSR count). The Balaban J connectivity index is 1.36. The average molecular weight is 365 g/mol. The lowest BCUT2D eigenvalue weighted by Crippen LogP contribution is -2.36. The van der Waals surface area contributed by atoms with Crippen molar-refractivity contribution in [2.45, 2.75) is 13.2 Å². The quantitative estimate of drug-likeness (QED) is 0.671. The third-order valence-electron chi connectivity index (χ3n) is 3.74. The average Bonchev–Trinajstić information content (AvgIpc) is 3.25. The molecule has 0 aliphatic rings. The first kappa shape index (κ1) is 18.2. The molecule has 7 nitrogen and oxygen atoms in total. The molecule has 138 valence electrons. The third-order valence-corrected chi connectivity index (χ3v) is 3.74. The van der Waals surface area contributed by atoms with E-state index < -0.39 is 6.09 Å². The Kier molecular flexibility index (Phi) is 6.19. The molecule has 0 atom stereocenters. The minimum atomic E-state index is -0.639. The molecular weight excluding hydrogens is 346 g/mol. The fourth-order valence-corrected chi connectivity index (χ4v) is 2.30. The number of hydrogen-bond donors (Lipinski definition) is 2. The van der Waals surface area contributed by atoms with Crippen LogP contribution in [-0.4, -0.2) is 23.5 Å². The lowest BCUT2D eigenvalue weighted by Gasteiger charge is -2.08. The van der Waals surface area contributed by atoms with Gasteiger partial charge in [0, 0.05) is 18.3 Å². The molecule has 2 heterocycles. The first-order valence-corrected chi connectivity index (χ1v) is 8.39. The van der Waals surface area contributed by atoms with Crippen molar-refractivity contribution in [3.05, 3.63) is 78.4 Å². The number of nitrogens with one attached hydrogen (secondary N) is 2. The van der Waals surface area contributed by atoms with Gasteiger partial charge in [-0.15, -0.1) is 0 Å². The standard InChI is InChI=1S/C20H19N3O4/c24-19(12-23-20(25)27-13-15-4-2-1-3-5-15)22-11-16-6-7-18(21-10-16)17-8-9-26-14-17/h1-10,14H,11-13H2,(H,22,24)(H,23,25). The van der Waals surface area contributed by atoms with E-state index >= 15 is 0 Å². The van der Waals surface area contributed by atoms with E-state index in [1.54, 1.807) is 18.7 Å². The lowest BCUT2D eigenvalue weighted by molar-refractivity contribution is -0.120. The molecule has 2 aromatic heterocycles. The number of carbonyl (C=O) groups excluding carboxylic acids is 2. The van der Waals surface area contributed by atoms with E-state index in [2.05, 4.69) is 15.6 Å². The second-order valence-corrected chi connectivity index (χ2v) is 5.76. The maximum atomic E-state index is 11.8. The van der Waals surface area contributed by atoms with Crippen molar-refractivity contribution in [2.75, 3.05) is 6.54 Å². The minimum absolute atomic E-state index is 0.156. The van der Waals surface area contributed by atoms with Crippen LogP contribution < -0.4 is 10.6 Å². The predicted molar refractivity (Wildman–Crippen MR) is 98.4 cm³/mol. The van der Waals surface area contributed by atoms with Gasteiger partial charge in [-0.3, -0.25) is 9.78 Å². The zero-order chi connectivity index (χ0) is 18.9. The van der Waals surface area contributed by atoms with E-state index in [1.807, 2.05) is 48.5 Å². The number of hydrogen-bond acceptors (Lipinski definition) is 5. The summed E-state index contributed by atoms with van der Waals surface area (Å²) in [5.41, 5.74) is 3.41. The van der Waals surface area contributed by atoms with E-state index in [1.165, 1.54) is 0 Å². The van der Waals surface area contributed by atoms with E-state index in [0.717, 1.165) is 22.4 Å². The van der Waals surface area contributed by atoms with E-state index in [4.69, 9.17) is 9.15 Å². The molecule has 0 spiro atoms. The summed E-state index contributed by atoms with van der Waals surface area (Å²) in [4.78, 5) is 27.8. The zero-order valence-corrected chi connectivity index (χ0v) is 14.6. The van der Waals surface area contributed by atoms with Crippen LogP contribution in [0.25, 0.3) is 11.3 Å². The van der Waals surface area contributed by atoms with Crippen molar-refractivity contribution in [1.29, 1.82) is 0 Å². The van der Waals surface area contributed by atoms with Gasteiger partial charge < -0.3 is 19.8 Å². The van der Waals surface area contributed by atoms with Gasteiger partial charge in [0.05, 0.1) is 18.2 Å². The van der Waals surface area contributed by atoms with Gasteiger partial charge in [-0.05, 0) is 23.3 Å². The highest BCUT2D eigenvalue weighted by molar-refractivity contribution is 5.82. The van der Waals surface area contributed by atoms with Crippen molar-refractivity contribution in [2.24, 2.45) is 0 Å². The third kappa shape index (κ3) is 5.71. The van der Waals surface area contributed by atoms with Gasteiger partial charge in [-0.25, -0.2) is 4.79 Å². The molecule has 27 heavy (non-hydrogen) atoms. The van der Waals surface area contributed by atoms with Crippen molar-refractivity contribution in [1.82, 2.24) is 15.6 Å². The molecule has 0 saturated heterocycles. The van der Waals surface area contributed by atoms with Crippen LogP contribution in [0.15, 0.2) is 71.7 Å². The molecule has 0 fully saturated rings. The number of rotatable bonds is 7. The van der Waals surface area contributed by atoms with Gasteiger partial charge in [0.2, 0.25) is 5.91 Å². The summed E-state index contributed by atoms with van der Waals surface area (Å²) in [6, 6.07) is 14.9. The summed E-state index contributed by atoms with van der Waals surface area (Å²) in [6.45, 7) is 0.315. The molecule has 2 N–H and O–H groups in total. The molecule has 0 aliphatic heterocycles. The van der Waals surface area contributed by atoms with Crippen LogP contribution in [0.4, 0.5) is 4.79 Å². The first-order valence-electron chi connectivity index (χ1n) is 8.39. The Bertz CT molecular complexity index is 862. The van der Waals surface area contributed by atoms with Crippen molar-refractivity contribution < 1.29 is 18.7 Å². The largest absolute Gasteiger partial charge is 0.472 e. The number of ether oxygens (including phenoxy) is 1. The van der Waals surface area contributed by atoms with Crippen LogP contribution in [0.2, 0.25) is 0 Å². The molecule has 7 heteroatoms. The molecule has 0 bridgehead atoms. The van der Waals surface area contributed by atoms with E-state index in [-0.39, 0.29) is 19.1 Å². The molecule has 0 unspecified atom stereocenters. The molecule has 0 saturated carbocycles. The number of furan rings is 1. The maximum absolute atomic E-state index is 11.8. The summed E-state index contributed by atoms with van der Waals surface area (Å²) in [5.74, 6) is -0.314. The van der Waals surface area contributed by atoms with Crippen molar-refractivity contribution in [3.63, 3.8) is 0 Å². The van der Waals surface area contributed by atoms with Crippen LogP contribution in [0, 0.1) is 0 Å². The Labute approximate surface area is 156 Å². The second-order valence-electron chi connectivity index (χ2n) is 5.76. The van der Waals surface area contributed by atoms with Crippen molar-refractivity contribution >= 4 is 12.0 Å². The van der Waals surface area contributed by atoms with Gasteiger partial charge in [0.15, 0.2) is 0 Å². The number of benzene rings is 1. The van der Waals surface area contributed by atoms with Gasteiger partial charge >= 0.3 is 6.09 Å². The number of amides is 2. The van der Waals surface area contributed by atoms with Crippen molar-refractivity contribution in [3.8, 4) is 11.3 Å². The fraction of sp³-hybridized carbons (Fsp3) is 0.150. The molecular formula is C20H19N3O4. The second kappa shape index (κ2) is 9.19. The Morgan fingerprint density at radius 3 is 2.56 bits per heavy atom. The Morgan fingerprint density at radius 2 is 1.85 bits per heavy atom. The van der Waals surface area contributed by atoms with Crippen LogP contribution in [-0.2, 0) is 22.7 Å². The summed E-state index contributed by atoms with van der Waals surface area (Å²) < 4.78 is 10.1. The molecule has 1 aromatic carbocycles. The highest BCUT2D eigenvalue weighted by atomic mass is 16.5. The molecule has 3 aromatic rings. The van der Waals surface area contributed by atoms with Gasteiger partial charge in [0.1, 0.15) is 13.2 Å². The Hall–Kier alpha value is -3.61. The predicted octanol–water partition coefficient (Wildman–Crippen LogP) is 2.88. The van der Waals surface area contributed by atoms with Crippen LogP contribution in [0.5, 0.6) is 0 Å². The first-order chi connectivity index (χ1) is 13.2. The van der Waals surface area contributed by atoms with Gasteiger partial charge in [0.25, 0.3) is 0 Å². The number of alkyl carbamates (subject to hydrolysis) is 1. The Morgan fingerprint density at radius 1 is 1.00 bits per heavy atom. The molecule has 2 amide bonds. The van der Waals surface area contributed by atoms with Crippen LogP contribution >= 0.6 is 0 Å². The maximum Gasteiger partial charge on any atom is 0.407 e. The number of nitrogens with zero attached hydrogens (tertiary/aromatic N) is 1. The minimum Gasteiger partial charge on any atom is -0.472 e. The fourth-order valence-electron chi connectivity index (χ4n) is 2.30. The SMILES string of the molecule is O=C(CNC(=O)OCc1ccccc1)NCc1ccc(-c2ccoc2)nc1. The summed E-state index contributed by atoms with van der Waals surface area (Å²) >= 11 is 0. The molecule has 0 aliphatic carbocycles. The topological polar surface area (TPSA) is 93.5 Å².